The van der Waals surface area contributed by atoms with Crippen LogP contribution in [0.3, 0.4) is 0 Å². The molecule has 2 aliphatic rings. The van der Waals surface area contributed by atoms with E-state index < -0.39 is 0 Å². The highest BCUT2D eigenvalue weighted by Crippen LogP contribution is 2.49. The number of rotatable bonds is 2. The van der Waals surface area contributed by atoms with E-state index in [1.807, 2.05) is 6.07 Å². The van der Waals surface area contributed by atoms with E-state index in [9.17, 15) is 9.18 Å². The smallest absolute Gasteiger partial charge is 0.132 e. The van der Waals surface area contributed by atoms with Crippen molar-refractivity contribution in [3.8, 4) is 0 Å². The van der Waals surface area contributed by atoms with E-state index in [1.165, 1.54) is 24.0 Å². The fraction of sp³-hybridized carbons (Fsp3) is 0.650. The number of hydrogen-bond donors (Lipinski definition) is 0. The molecule has 0 bridgehead atoms. The third-order valence-corrected chi connectivity index (χ3v) is 6.16. The Kier molecular flexibility index (Phi) is 4.38. The van der Waals surface area contributed by atoms with Crippen molar-refractivity contribution in [2.24, 2.45) is 11.8 Å². The fourth-order valence-electron chi connectivity index (χ4n) is 4.84. The zero-order chi connectivity index (χ0) is 15.7. The molecule has 1 saturated carbocycles. The molecule has 0 aromatic heterocycles. The monoisotopic (exact) mass is 302 g/mol. The number of ketones is 1. The van der Waals surface area contributed by atoms with Gasteiger partial charge in [0, 0.05) is 5.92 Å². The van der Waals surface area contributed by atoms with E-state index in [-0.39, 0.29) is 17.2 Å². The maximum Gasteiger partial charge on any atom is 0.132 e. The molecule has 1 aromatic carbocycles. The van der Waals surface area contributed by atoms with Gasteiger partial charge in [0.2, 0.25) is 0 Å². The van der Waals surface area contributed by atoms with Crippen LogP contribution >= 0.6 is 0 Å². The second-order valence-corrected chi connectivity index (χ2v) is 7.50. The molecule has 3 unspecified atom stereocenters. The summed E-state index contributed by atoms with van der Waals surface area (Å²) in [6.07, 6.45) is 8.69. The summed E-state index contributed by atoms with van der Waals surface area (Å²) in [4.78, 5) is 11.8. The Bertz CT molecular complexity index is 565. The van der Waals surface area contributed by atoms with E-state index in [0.29, 0.717) is 11.7 Å². The summed E-state index contributed by atoms with van der Waals surface area (Å²) in [5.74, 6) is 1.14. The molecule has 1 fully saturated rings. The van der Waals surface area contributed by atoms with Crippen LogP contribution in [-0.2, 0) is 16.6 Å². The van der Waals surface area contributed by atoms with Crippen LogP contribution in [0.15, 0.2) is 18.2 Å². The van der Waals surface area contributed by atoms with E-state index in [1.54, 1.807) is 19.1 Å². The molecule has 2 aliphatic carbocycles. The average Bonchev–Trinajstić information content (AvgIpc) is 2.71. The van der Waals surface area contributed by atoms with E-state index in [2.05, 4.69) is 6.92 Å². The van der Waals surface area contributed by atoms with Crippen LogP contribution in [0.25, 0.3) is 0 Å². The van der Waals surface area contributed by atoms with Crippen molar-refractivity contribution in [3.63, 3.8) is 0 Å². The van der Waals surface area contributed by atoms with Crippen LogP contribution in [0, 0.1) is 17.7 Å². The molecule has 120 valence electrons. The lowest BCUT2D eigenvalue weighted by molar-refractivity contribution is -0.121. The number of fused-ring (bicyclic) bond motifs is 2. The van der Waals surface area contributed by atoms with Crippen molar-refractivity contribution in [2.75, 3.05) is 0 Å². The topological polar surface area (TPSA) is 17.1 Å². The Hall–Kier alpha value is -1.18. The van der Waals surface area contributed by atoms with Crippen molar-refractivity contribution >= 4 is 5.78 Å². The Labute approximate surface area is 133 Å². The average molecular weight is 302 g/mol. The third kappa shape index (κ3) is 2.85. The van der Waals surface area contributed by atoms with E-state index in [4.69, 9.17) is 0 Å². The van der Waals surface area contributed by atoms with Gasteiger partial charge < -0.3 is 0 Å². The van der Waals surface area contributed by atoms with Crippen LogP contribution in [0.4, 0.5) is 4.39 Å². The van der Waals surface area contributed by atoms with E-state index >= 15 is 0 Å². The molecule has 0 aliphatic heterocycles. The van der Waals surface area contributed by atoms with Crippen LogP contribution < -0.4 is 0 Å². The van der Waals surface area contributed by atoms with Gasteiger partial charge in [-0.25, -0.2) is 4.39 Å². The van der Waals surface area contributed by atoms with Crippen LogP contribution in [-0.4, -0.2) is 5.78 Å². The van der Waals surface area contributed by atoms with Gasteiger partial charge in [0.25, 0.3) is 0 Å². The molecular weight excluding hydrogens is 275 g/mol. The fourth-order valence-corrected chi connectivity index (χ4v) is 4.84. The first-order valence-corrected chi connectivity index (χ1v) is 8.83. The normalized spacial score (nSPS) is 31.6. The zero-order valence-corrected chi connectivity index (χ0v) is 13.8. The van der Waals surface area contributed by atoms with Crippen molar-refractivity contribution < 1.29 is 9.18 Å². The number of carbonyl (C=O) groups excluding carboxylic acids is 1. The van der Waals surface area contributed by atoms with Crippen LogP contribution in [0.2, 0.25) is 0 Å². The van der Waals surface area contributed by atoms with Gasteiger partial charge in [0.15, 0.2) is 0 Å². The summed E-state index contributed by atoms with van der Waals surface area (Å²) < 4.78 is 13.9. The molecule has 0 amide bonds. The van der Waals surface area contributed by atoms with Gasteiger partial charge in [-0.1, -0.05) is 25.8 Å². The van der Waals surface area contributed by atoms with E-state index in [0.717, 1.165) is 38.5 Å². The number of halogens is 1. The first-order chi connectivity index (χ1) is 10.5. The van der Waals surface area contributed by atoms with Gasteiger partial charge in [-0.15, -0.1) is 0 Å². The van der Waals surface area contributed by atoms with Crippen molar-refractivity contribution in [3.05, 3.63) is 35.1 Å². The van der Waals surface area contributed by atoms with Gasteiger partial charge in [-0.05, 0) is 80.0 Å². The molecular formula is C20H27FO. The maximum absolute atomic E-state index is 13.9. The first kappa shape index (κ1) is 15.7. The van der Waals surface area contributed by atoms with Crippen LogP contribution in [0.1, 0.15) is 69.9 Å². The maximum atomic E-state index is 13.9. The summed E-state index contributed by atoms with van der Waals surface area (Å²) in [5, 5.41) is 0. The van der Waals surface area contributed by atoms with Gasteiger partial charge in [-0.3, -0.25) is 4.79 Å². The molecule has 2 heteroatoms. The molecule has 0 N–H and O–H groups in total. The van der Waals surface area contributed by atoms with Gasteiger partial charge >= 0.3 is 0 Å². The summed E-state index contributed by atoms with van der Waals surface area (Å²) in [6, 6.07) is 5.40. The Morgan fingerprint density at radius 3 is 2.86 bits per heavy atom. The van der Waals surface area contributed by atoms with Gasteiger partial charge in [0.05, 0.1) is 0 Å². The zero-order valence-electron chi connectivity index (χ0n) is 13.8. The molecule has 1 nitrogen and oxygen atoms in total. The van der Waals surface area contributed by atoms with Crippen molar-refractivity contribution in [2.45, 2.75) is 70.6 Å². The number of Topliss-reactive ketones (excluding diaryl/α,β-unsaturated/α-hetero) is 1. The largest absolute Gasteiger partial charge is 0.300 e. The molecule has 0 radical (unpaired) electrons. The number of carbonyl (C=O) groups is 1. The summed E-state index contributed by atoms with van der Waals surface area (Å²) >= 11 is 0. The Morgan fingerprint density at radius 1 is 1.32 bits per heavy atom. The Balaban J connectivity index is 1.97. The lowest BCUT2D eigenvalue weighted by Crippen LogP contribution is -2.35. The quantitative estimate of drug-likeness (QED) is 0.733. The minimum absolute atomic E-state index is 0.111. The third-order valence-electron chi connectivity index (χ3n) is 6.16. The lowest BCUT2D eigenvalue weighted by atomic mass is 9.62. The summed E-state index contributed by atoms with van der Waals surface area (Å²) in [7, 11) is 0. The van der Waals surface area contributed by atoms with Crippen molar-refractivity contribution in [1.29, 1.82) is 0 Å². The minimum atomic E-state index is -0.111. The molecule has 1 spiro atoms. The Morgan fingerprint density at radius 2 is 2.14 bits per heavy atom. The lowest BCUT2D eigenvalue weighted by Gasteiger charge is -2.42. The molecule has 3 rings (SSSR count). The predicted octanol–water partition coefficient (Wildman–Crippen LogP) is 5.21. The van der Waals surface area contributed by atoms with Gasteiger partial charge in [-0.2, -0.15) is 0 Å². The molecule has 1 aromatic rings. The summed E-state index contributed by atoms with van der Waals surface area (Å²) in [5.41, 5.74) is 2.71. The first-order valence-electron chi connectivity index (χ1n) is 8.83. The molecule has 22 heavy (non-hydrogen) atoms. The SMILES string of the molecule is CCC1Cc2ccc(F)cc2C2(CCCC(C(C)=O)CC2)C1. The summed E-state index contributed by atoms with van der Waals surface area (Å²) in [6.45, 7) is 3.99. The molecule has 3 atom stereocenters. The highest BCUT2D eigenvalue weighted by molar-refractivity contribution is 5.78. The van der Waals surface area contributed by atoms with Crippen LogP contribution in [0.5, 0.6) is 0 Å². The highest BCUT2D eigenvalue weighted by atomic mass is 19.1. The standard InChI is InChI=1S/C20H27FO/c1-3-15-11-17-6-7-18(21)12-19(17)20(13-15)9-4-5-16(8-10-20)14(2)22/h6-7,12,15-16H,3-5,8-11,13H2,1-2H3. The number of benzene rings is 1. The number of hydrogen-bond acceptors (Lipinski definition) is 1. The van der Waals surface area contributed by atoms with Crippen molar-refractivity contribution in [1.82, 2.24) is 0 Å². The predicted molar refractivity (Wildman–Crippen MR) is 87.4 cm³/mol. The molecule has 0 heterocycles. The second kappa shape index (κ2) is 6.14. The molecule has 0 saturated heterocycles. The second-order valence-electron chi connectivity index (χ2n) is 7.50. The van der Waals surface area contributed by atoms with Gasteiger partial charge in [0.1, 0.15) is 11.6 Å². The minimum Gasteiger partial charge on any atom is -0.300 e. The highest BCUT2D eigenvalue weighted by Gasteiger charge is 2.41.